The molecule has 0 amide bonds. The Labute approximate surface area is 167 Å². The Balaban J connectivity index is 1.76. The van der Waals surface area contributed by atoms with E-state index in [1.165, 1.54) is 16.8 Å². The number of aromatic nitrogens is 4. The van der Waals surface area contributed by atoms with Crippen molar-refractivity contribution in [1.29, 1.82) is 0 Å². The van der Waals surface area contributed by atoms with Gasteiger partial charge in [0.05, 0.1) is 22.5 Å². The molecular formula is C20H19N5O3S. The van der Waals surface area contributed by atoms with Gasteiger partial charge in [-0.2, -0.15) is 10.2 Å². The molecule has 0 atom stereocenters. The molecule has 4 aromatic rings. The molecule has 9 heteroatoms. The first kappa shape index (κ1) is 18.9. The zero-order valence-corrected chi connectivity index (χ0v) is 16.7. The van der Waals surface area contributed by atoms with Crippen molar-refractivity contribution in [2.24, 2.45) is 0 Å². The van der Waals surface area contributed by atoms with E-state index >= 15 is 0 Å². The van der Waals surface area contributed by atoms with Gasteiger partial charge in [0.2, 0.25) is 0 Å². The van der Waals surface area contributed by atoms with Gasteiger partial charge in [0, 0.05) is 17.7 Å². The van der Waals surface area contributed by atoms with Crippen molar-refractivity contribution < 1.29 is 8.42 Å². The molecule has 29 heavy (non-hydrogen) atoms. The van der Waals surface area contributed by atoms with Crippen LogP contribution in [0.3, 0.4) is 0 Å². The van der Waals surface area contributed by atoms with Crippen LogP contribution in [0.15, 0.2) is 64.3 Å². The van der Waals surface area contributed by atoms with Gasteiger partial charge in [-0.3, -0.25) is 9.89 Å². The molecule has 2 aromatic heterocycles. The quantitative estimate of drug-likeness (QED) is 0.524. The van der Waals surface area contributed by atoms with Crippen LogP contribution >= 0.6 is 0 Å². The summed E-state index contributed by atoms with van der Waals surface area (Å²) >= 11 is 0. The number of aryl methyl sites for hydroxylation is 1. The van der Waals surface area contributed by atoms with Gasteiger partial charge >= 0.3 is 0 Å². The molecule has 148 valence electrons. The molecule has 0 radical (unpaired) electrons. The van der Waals surface area contributed by atoms with Crippen LogP contribution in [0.4, 0.5) is 11.6 Å². The third kappa shape index (κ3) is 3.90. The molecule has 0 saturated carbocycles. The summed E-state index contributed by atoms with van der Waals surface area (Å²) in [6.07, 6.45) is 1.16. The zero-order valence-electron chi connectivity index (χ0n) is 15.9. The van der Waals surface area contributed by atoms with Crippen molar-refractivity contribution in [2.75, 3.05) is 11.6 Å². The maximum absolute atomic E-state index is 12.9. The second kappa shape index (κ2) is 7.17. The molecule has 0 spiro atoms. The lowest BCUT2D eigenvalue weighted by Crippen LogP contribution is -2.24. The van der Waals surface area contributed by atoms with E-state index in [1.54, 1.807) is 24.3 Å². The van der Waals surface area contributed by atoms with Crippen molar-refractivity contribution in [2.45, 2.75) is 18.4 Å². The molecule has 0 aliphatic carbocycles. The molecule has 0 saturated heterocycles. The lowest BCUT2D eigenvalue weighted by molar-refractivity contribution is 0.601. The van der Waals surface area contributed by atoms with Crippen molar-refractivity contribution in [3.05, 3.63) is 76.2 Å². The number of rotatable bonds is 5. The minimum Gasteiger partial charge on any atom is -0.323 e. The summed E-state index contributed by atoms with van der Waals surface area (Å²) in [6, 6.07) is 15.5. The van der Waals surface area contributed by atoms with Crippen LogP contribution in [0.25, 0.3) is 10.8 Å². The number of sulfone groups is 1. The number of nitrogens with zero attached hydrogens (tertiary/aromatic N) is 3. The Kier molecular flexibility index (Phi) is 4.67. The summed E-state index contributed by atoms with van der Waals surface area (Å²) in [5, 5.41) is 15.9. The predicted octanol–water partition coefficient (Wildman–Crippen LogP) is 2.62. The zero-order chi connectivity index (χ0) is 20.6. The van der Waals surface area contributed by atoms with Crippen LogP contribution in [0.1, 0.15) is 11.3 Å². The number of anilines is 2. The van der Waals surface area contributed by atoms with Crippen molar-refractivity contribution >= 4 is 32.2 Å². The molecule has 0 bridgehead atoms. The smallest absolute Gasteiger partial charge is 0.275 e. The molecule has 0 aliphatic rings. The summed E-state index contributed by atoms with van der Waals surface area (Å²) in [5.41, 5.74) is 1.38. The summed E-state index contributed by atoms with van der Waals surface area (Å²) in [7, 11) is -3.27. The highest BCUT2D eigenvalue weighted by Crippen LogP contribution is 2.22. The van der Waals surface area contributed by atoms with E-state index in [9.17, 15) is 13.2 Å². The lowest BCUT2D eigenvalue weighted by Gasteiger charge is -2.12. The number of aromatic amines is 1. The molecule has 2 N–H and O–H groups in total. The van der Waals surface area contributed by atoms with Gasteiger partial charge in [-0.25, -0.2) is 13.1 Å². The third-order valence-electron chi connectivity index (χ3n) is 4.51. The van der Waals surface area contributed by atoms with Crippen molar-refractivity contribution in [3.63, 3.8) is 0 Å². The number of hydrogen-bond acceptors (Lipinski definition) is 6. The van der Waals surface area contributed by atoms with E-state index in [-0.39, 0.29) is 17.0 Å². The van der Waals surface area contributed by atoms with Crippen LogP contribution in [-0.2, 0) is 16.4 Å². The Morgan fingerprint density at radius 2 is 1.76 bits per heavy atom. The van der Waals surface area contributed by atoms with Crippen LogP contribution in [0.2, 0.25) is 0 Å². The van der Waals surface area contributed by atoms with Gasteiger partial charge in [-0.15, -0.1) is 0 Å². The summed E-state index contributed by atoms with van der Waals surface area (Å²) in [4.78, 5) is 13.2. The second-order valence-electron chi connectivity index (χ2n) is 6.82. The predicted molar refractivity (Wildman–Crippen MR) is 111 cm³/mol. The molecule has 0 unspecified atom stereocenters. The first-order chi connectivity index (χ1) is 13.8. The van der Waals surface area contributed by atoms with E-state index in [0.29, 0.717) is 22.4 Å². The molecule has 0 aliphatic heterocycles. The van der Waals surface area contributed by atoms with E-state index in [2.05, 4.69) is 20.6 Å². The fraction of sp³-hybridized carbons (Fsp3) is 0.150. The highest BCUT2D eigenvalue weighted by molar-refractivity contribution is 7.90. The van der Waals surface area contributed by atoms with E-state index < -0.39 is 9.84 Å². The van der Waals surface area contributed by atoms with Gasteiger partial charge in [0.25, 0.3) is 5.56 Å². The highest BCUT2D eigenvalue weighted by atomic mass is 32.2. The average Bonchev–Trinajstić information content (AvgIpc) is 3.10. The lowest BCUT2D eigenvalue weighted by atomic mass is 10.2. The maximum atomic E-state index is 12.9. The van der Waals surface area contributed by atoms with E-state index in [1.807, 2.05) is 25.1 Å². The summed E-state index contributed by atoms with van der Waals surface area (Å²) in [6.45, 7) is 2.08. The number of hydrogen-bond donors (Lipinski definition) is 2. The molecule has 0 fully saturated rings. The van der Waals surface area contributed by atoms with Gasteiger partial charge in [-0.05, 0) is 30.7 Å². The van der Waals surface area contributed by atoms with Crippen LogP contribution in [-0.4, -0.2) is 34.7 Å². The summed E-state index contributed by atoms with van der Waals surface area (Å²) < 4.78 is 24.6. The van der Waals surface area contributed by atoms with Gasteiger partial charge in [-0.1, -0.05) is 30.3 Å². The molecule has 8 nitrogen and oxygen atoms in total. The van der Waals surface area contributed by atoms with Gasteiger partial charge in [0.15, 0.2) is 15.7 Å². The standard InChI is InChI=1S/C20H19N5O3S/c1-13-11-18(23-22-13)21-19-16-5-3-4-6-17(16)20(26)25(24-19)12-14-7-9-15(10-8-14)29(2,27)28/h3-11H,12H2,1-2H3,(H2,21,22,23,24). The van der Waals surface area contributed by atoms with Crippen LogP contribution in [0.5, 0.6) is 0 Å². The maximum Gasteiger partial charge on any atom is 0.275 e. The van der Waals surface area contributed by atoms with E-state index in [4.69, 9.17) is 0 Å². The third-order valence-corrected chi connectivity index (χ3v) is 5.64. The molecule has 2 aromatic carbocycles. The molecular weight excluding hydrogens is 390 g/mol. The van der Waals surface area contributed by atoms with Crippen LogP contribution < -0.4 is 10.9 Å². The number of benzene rings is 2. The topological polar surface area (TPSA) is 110 Å². The minimum atomic E-state index is -3.27. The number of fused-ring (bicyclic) bond motifs is 1. The Morgan fingerprint density at radius 1 is 1.07 bits per heavy atom. The normalized spacial score (nSPS) is 11.7. The van der Waals surface area contributed by atoms with E-state index in [0.717, 1.165) is 17.5 Å². The number of nitrogens with one attached hydrogen (secondary N) is 2. The fourth-order valence-corrected chi connectivity index (χ4v) is 3.69. The average molecular weight is 409 g/mol. The van der Waals surface area contributed by atoms with Gasteiger partial charge < -0.3 is 5.32 Å². The minimum absolute atomic E-state index is 0.213. The highest BCUT2D eigenvalue weighted by Gasteiger charge is 2.12. The Morgan fingerprint density at radius 3 is 2.38 bits per heavy atom. The first-order valence-corrected chi connectivity index (χ1v) is 10.8. The molecule has 4 rings (SSSR count). The van der Waals surface area contributed by atoms with Crippen LogP contribution in [0, 0.1) is 6.92 Å². The van der Waals surface area contributed by atoms with Crippen molar-refractivity contribution in [1.82, 2.24) is 20.0 Å². The fourth-order valence-electron chi connectivity index (χ4n) is 3.06. The Bertz CT molecular complexity index is 1360. The summed E-state index contributed by atoms with van der Waals surface area (Å²) in [5.74, 6) is 1.19. The first-order valence-electron chi connectivity index (χ1n) is 8.89. The van der Waals surface area contributed by atoms with Crippen molar-refractivity contribution in [3.8, 4) is 0 Å². The van der Waals surface area contributed by atoms with Gasteiger partial charge in [0.1, 0.15) is 5.82 Å². The Hall–Kier alpha value is -3.46. The largest absolute Gasteiger partial charge is 0.323 e. The SMILES string of the molecule is Cc1cc(Nc2nn(Cc3ccc(S(C)(=O)=O)cc3)c(=O)c3ccccc23)[nH]n1. The second-order valence-corrected chi connectivity index (χ2v) is 8.84. The number of H-pyrrole nitrogens is 1. The molecule has 2 heterocycles. The monoisotopic (exact) mass is 409 g/mol.